The van der Waals surface area contributed by atoms with Crippen molar-refractivity contribution in [1.82, 2.24) is 0 Å². The summed E-state index contributed by atoms with van der Waals surface area (Å²) in [6, 6.07) is 2.05. The van der Waals surface area contributed by atoms with E-state index < -0.39 is 0 Å². The number of aliphatic hydroxyl groups is 1. The highest BCUT2D eigenvalue weighted by Crippen LogP contribution is 2.41. The summed E-state index contributed by atoms with van der Waals surface area (Å²) in [6.45, 7) is 2.23. The van der Waals surface area contributed by atoms with Crippen molar-refractivity contribution in [1.29, 1.82) is 0 Å². The van der Waals surface area contributed by atoms with E-state index in [9.17, 15) is 5.11 Å². The van der Waals surface area contributed by atoms with E-state index in [0.717, 1.165) is 18.4 Å². The van der Waals surface area contributed by atoms with Gasteiger partial charge in [-0.15, -0.1) is 23.1 Å². The molecular formula is C9H12OS2. The molecule has 1 aromatic rings. The standard InChI is InChI=1S/C9H12OS2/c1-6-2-3-8(10)7-4-5-11-9(7)12-6/h4-6,8,10H,2-3H2,1H3. The van der Waals surface area contributed by atoms with Crippen LogP contribution in [0.25, 0.3) is 0 Å². The van der Waals surface area contributed by atoms with Gasteiger partial charge in [0.05, 0.1) is 10.3 Å². The molecule has 0 saturated carbocycles. The summed E-state index contributed by atoms with van der Waals surface area (Å²) in [7, 11) is 0. The maximum absolute atomic E-state index is 9.74. The van der Waals surface area contributed by atoms with Gasteiger partial charge < -0.3 is 5.11 Å². The van der Waals surface area contributed by atoms with Crippen LogP contribution in [-0.4, -0.2) is 10.4 Å². The number of thioether (sulfide) groups is 1. The number of rotatable bonds is 0. The Kier molecular flexibility index (Phi) is 2.44. The monoisotopic (exact) mass is 200 g/mol. The van der Waals surface area contributed by atoms with Gasteiger partial charge in [-0.05, 0) is 24.3 Å². The van der Waals surface area contributed by atoms with Gasteiger partial charge >= 0.3 is 0 Å². The summed E-state index contributed by atoms with van der Waals surface area (Å²) >= 11 is 3.65. The fourth-order valence-electron chi connectivity index (χ4n) is 1.44. The number of hydrogen-bond donors (Lipinski definition) is 1. The molecule has 1 aliphatic heterocycles. The minimum Gasteiger partial charge on any atom is -0.388 e. The van der Waals surface area contributed by atoms with E-state index in [0.29, 0.717) is 5.25 Å². The van der Waals surface area contributed by atoms with Crippen LogP contribution in [0.3, 0.4) is 0 Å². The Morgan fingerprint density at radius 2 is 2.33 bits per heavy atom. The van der Waals surface area contributed by atoms with Gasteiger partial charge in [0.2, 0.25) is 0 Å². The van der Waals surface area contributed by atoms with Crippen molar-refractivity contribution in [2.24, 2.45) is 0 Å². The Morgan fingerprint density at radius 3 is 3.17 bits per heavy atom. The molecule has 1 N–H and O–H groups in total. The third kappa shape index (κ3) is 1.53. The van der Waals surface area contributed by atoms with Gasteiger partial charge in [0.25, 0.3) is 0 Å². The molecule has 0 radical (unpaired) electrons. The summed E-state index contributed by atoms with van der Waals surface area (Å²) in [5.41, 5.74) is 1.15. The van der Waals surface area contributed by atoms with E-state index in [4.69, 9.17) is 0 Å². The zero-order chi connectivity index (χ0) is 8.55. The molecule has 3 heteroatoms. The summed E-state index contributed by atoms with van der Waals surface area (Å²) < 4.78 is 1.31. The second kappa shape index (κ2) is 3.40. The van der Waals surface area contributed by atoms with Crippen molar-refractivity contribution in [3.63, 3.8) is 0 Å². The molecule has 66 valence electrons. The Labute approximate surface area is 80.8 Å². The molecule has 0 aliphatic carbocycles. The molecule has 0 saturated heterocycles. The Hall–Kier alpha value is 0.01000. The van der Waals surface area contributed by atoms with Gasteiger partial charge in [-0.2, -0.15) is 0 Å². The van der Waals surface area contributed by atoms with E-state index in [1.165, 1.54) is 4.21 Å². The van der Waals surface area contributed by atoms with Crippen molar-refractivity contribution in [3.8, 4) is 0 Å². The van der Waals surface area contributed by atoms with Crippen molar-refractivity contribution < 1.29 is 5.11 Å². The molecule has 2 rings (SSSR count). The number of aliphatic hydroxyl groups excluding tert-OH is 1. The van der Waals surface area contributed by atoms with E-state index in [2.05, 4.69) is 18.4 Å². The highest BCUT2D eigenvalue weighted by molar-refractivity contribution is 8.01. The highest BCUT2D eigenvalue weighted by atomic mass is 32.2. The van der Waals surface area contributed by atoms with Gasteiger partial charge in [0, 0.05) is 10.8 Å². The first-order valence-corrected chi connectivity index (χ1v) is 5.95. The molecule has 0 spiro atoms. The molecule has 2 heterocycles. The van der Waals surface area contributed by atoms with Crippen molar-refractivity contribution in [3.05, 3.63) is 17.0 Å². The molecule has 12 heavy (non-hydrogen) atoms. The molecule has 1 nitrogen and oxygen atoms in total. The lowest BCUT2D eigenvalue weighted by molar-refractivity contribution is 0.164. The van der Waals surface area contributed by atoms with Crippen LogP contribution in [0.2, 0.25) is 0 Å². The first-order valence-electron chi connectivity index (χ1n) is 4.19. The minimum atomic E-state index is -0.219. The maximum Gasteiger partial charge on any atom is 0.0809 e. The third-order valence-corrected chi connectivity index (χ3v) is 4.56. The van der Waals surface area contributed by atoms with Crippen LogP contribution in [0.15, 0.2) is 15.7 Å². The number of hydrogen-bond acceptors (Lipinski definition) is 3. The molecule has 2 unspecified atom stereocenters. The van der Waals surface area contributed by atoms with Crippen LogP contribution in [0.1, 0.15) is 31.4 Å². The van der Waals surface area contributed by atoms with Gasteiger partial charge in [0.1, 0.15) is 0 Å². The van der Waals surface area contributed by atoms with Crippen molar-refractivity contribution in [2.75, 3.05) is 0 Å². The van der Waals surface area contributed by atoms with Gasteiger partial charge in [-0.3, -0.25) is 0 Å². The van der Waals surface area contributed by atoms with Gasteiger partial charge in [0.15, 0.2) is 0 Å². The highest BCUT2D eigenvalue weighted by Gasteiger charge is 2.21. The first-order chi connectivity index (χ1) is 5.77. The fraction of sp³-hybridized carbons (Fsp3) is 0.556. The molecule has 1 aliphatic rings. The molecule has 2 atom stereocenters. The summed E-state index contributed by atoms with van der Waals surface area (Å²) in [5, 5.41) is 12.5. The van der Waals surface area contributed by atoms with Crippen LogP contribution in [0, 0.1) is 0 Å². The SMILES string of the molecule is CC1CCC(O)c2ccsc2S1. The fourth-order valence-corrected chi connectivity index (χ4v) is 3.96. The van der Waals surface area contributed by atoms with Crippen LogP contribution in [0.5, 0.6) is 0 Å². The summed E-state index contributed by atoms with van der Waals surface area (Å²) in [5.74, 6) is 0. The van der Waals surface area contributed by atoms with Gasteiger partial charge in [-0.25, -0.2) is 0 Å². The van der Waals surface area contributed by atoms with E-state index in [-0.39, 0.29) is 6.10 Å². The van der Waals surface area contributed by atoms with Crippen LogP contribution in [-0.2, 0) is 0 Å². The summed E-state index contributed by atoms with van der Waals surface area (Å²) in [4.78, 5) is 0. The third-order valence-electron chi connectivity index (χ3n) is 2.17. The lowest BCUT2D eigenvalue weighted by Crippen LogP contribution is -1.96. The average Bonchev–Trinajstić information content (AvgIpc) is 2.44. The van der Waals surface area contributed by atoms with Crippen LogP contribution in [0.4, 0.5) is 0 Å². The molecule has 0 fully saturated rings. The van der Waals surface area contributed by atoms with Crippen molar-refractivity contribution >= 4 is 23.1 Å². The summed E-state index contributed by atoms with van der Waals surface area (Å²) in [6.07, 6.45) is 1.81. The minimum absolute atomic E-state index is 0.219. The van der Waals surface area contributed by atoms with Crippen LogP contribution >= 0.6 is 23.1 Å². The van der Waals surface area contributed by atoms with E-state index >= 15 is 0 Å². The molecular weight excluding hydrogens is 188 g/mol. The molecule has 0 amide bonds. The number of fused-ring (bicyclic) bond motifs is 1. The second-order valence-electron chi connectivity index (χ2n) is 3.19. The predicted molar refractivity (Wildman–Crippen MR) is 53.8 cm³/mol. The van der Waals surface area contributed by atoms with E-state index in [1.807, 2.05) is 11.8 Å². The quantitative estimate of drug-likeness (QED) is 0.694. The first kappa shape index (κ1) is 8.60. The predicted octanol–water partition coefficient (Wildman–Crippen LogP) is 3.06. The average molecular weight is 200 g/mol. The number of thiophene rings is 1. The Bertz CT molecular complexity index is 269. The molecule has 1 aromatic heterocycles. The normalized spacial score (nSPS) is 29.5. The smallest absolute Gasteiger partial charge is 0.0809 e. The lowest BCUT2D eigenvalue weighted by Gasteiger charge is -2.05. The Morgan fingerprint density at radius 1 is 1.50 bits per heavy atom. The lowest BCUT2D eigenvalue weighted by atomic mass is 10.1. The zero-order valence-corrected chi connectivity index (χ0v) is 8.62. The van der Waals surface area contributed by atoms with Crippen LogP contribution < -0.4 is 0 Å². The van der Waals surface area contributed by atoms with E-state index in [1.54, 1.807) is 11.3 Å². The largest absolute Gasteiger partial charge is 0.388 e. The van der Waals surface area contributed by atoms with Crippen molar-refractivity contribution in [2.45, 2.75) is 35.3 Å². The maximum atomic E-state index is 9.74. The second-order valence-corrected chi connectivity index (χ2v) is 5.81. The Balaban J connectivity index is 2.32. The topological polar surface area (TPSA) is 20.2 Å². The zero-order valence-electron chi connectivity index (χ0n) is 6.99. The molecule has 0 aromatic carbocycles. The van der Waals surface area contributed by atoms with Gasteiger partial charge in [-0.1, -0.05) is 6.92 Å². The molecule has 0 bridgehead atoms.